The van der Waals surface area contributed by atoms with E-state index < -0.39 is 12.1 Å². The fourth-order valence-electron chi connectivity index (χ4n) is 0.741. The second-order valence-corrected chi connectivity index (χ2v) is 2.58. The van der Waals surface area contributed by atoms with Crippen molar-refractivity contribution in [2.75, 3.05) is 6.61 Å². The summed E-state index contributed by atoms with van der Waals surface area (Å²) in [5.74, 6) is 4.15. The van der Waals surface area contributed by atoms with Gasteiger partial charge in [-0.15, -0.1) is 0 Å². The molecule has 1 atom stereocenters. The molecule has 76 valence electrons. The third kappa shape index (κ3) is 7.15. The first-order chi connectivity index (χ1) is 6.70. The Hall–Kier alpha value is -1.52. The predicted molar refractivity (Wildman–Crippen MR) is 49.9 cm³/mol. The molecule has 0 aromatic carbocycles. The summed E-state index contributed by atoms with van der Waals surface area (Å²) in [5, 5.41) is 17.4. The first-order valence-corrected chi connectivity index (χ1v) is 4.41. The molecule has 0 aromatic heterocycles. The van der Waals surface area contributed by atoms with Gasteiger partial charge in [-0.05, 0) is 13.3 Å². The lowest BCUT2D eigenvalue weighted by molar-refractivity contribution is -0.136. The van der Waals surface area contributed by atoms with Crippen molar-refractivity contribution in [2.45, 2.75) is 32.3 Å². The summed E-state index contributed by atoms with van der Waals surface area (Å²) in [6, 6.07) is 1.92. The van der Waals surface area contributed by atoms with Gasteiger partial charge in [-0.3, -0.25) is 0 Å². The minimum Gasteiger partial charge on any atom is -0.456 e. The van der Waals surface area contributed by atoms with Crippen LogP contribution in [0.1, 0.15) is 26.2 Å². The van der Waals surface area contributed by atoms with Crippen molar-refractivity contribution in [1.82, 2.24) is 0 Å². The van der Waals surface area contributed by atoms with Crippen molar-refractivity contribution in [3.63, 3.8) is 0 Å². The second-order valence-electron chi connectivity index (χ2n) is 2.58. The van der Waals surface area contributed by atoms with Crippen LogP contribution >= 0.6 is 0 Å². The van der Waals surface area contributed by atoms with E-state index in [4.69, 9.17) is 5.26 Å². The van der Waals surface area contributed by atoms with Crippen molar-refractivity contribution in [2.24, 2.45) is 0 Å². The van der Waals surface area contributed by atoms with E-state index in [0.29, 0.717) is 19.4 Å². The SMILES string of the molecule is CCOC(=O)C#CC[C@H](O)CCC#N. The van der Waals surface area contributed by atoms with Gasteiger partial charge in [0.2, 0.25) is 0 Å². The van der Waals surface area contributed by atoms with E-state index in [1.54, 1.807) is 6.92 Å². The average Bonchev–Trinajstić information content (AvgIpc) is 2.15. The Morgan fingerprint density at radius 2 is 2.36 bits per heavy atom. The van der Waals surface area contributed by atoms with Gasteiger partial charge < -0.3 is 9.84 Å². The highest BCUT2D eigenvalue weighted by molar-refractivity contribution is 5.88. The van der Waals surface area contributed by atoms with Crippen LogP contribution in [-0.4, -0.2) is 23.8 Å². The smallest absolute Gasteiger partial charge is 0.384 e. The number of ether oxygens (including phenoxy) is 1. The minimum atomic E-state index is -0.642. The van der Waals surface area contributed by atoms with E-state index in [-0.39, 0.29) is 6.42 Å². The van der Waals surface area contributed by atoms with Gasteiger partial charge in [-0.25, -0.2) is 4.79 Å². The van der Waals surface area contributed by atoms with Crippen molar-refractivity contribution >= 4 is 5.97 Å². The monoisotopic (exact) mass is 195 g/mol. The van der Waals surface area contributed by atoms with Crippen LogP contribution < -0.4 is 0 Å². The van der Waals surface area contributed by atoms with Crippen LogP contribution in [0.25, 0.3) is 0 Å². The molecule has 0 spiro atoms. The highest BCUT2D eigenvalue weighted by atomic mass is 16.5. The fraction of sp³-hybridized carbons (Fsp3) is 0.600. The van der Waals surface area contributed by atoms with Gasteiger partial charge in [0, 0.05) is 18.8 Å². The molecule has 0 saturated heterocycles. The molecule has 4 heteroatoms. The summed E-state index contributed by atoms with van der Waals surface area (Å²) in [5.41, 5.74) is 0. The molecule has 0 heterocycles. The molecule has 4 nitrogen and oxygen atoms in total. The van der Waals surface area contributed by atoms with Gasteiger partial charge in [-0.1, -0.05) is 5.92 Å². The molecule has 0 radical (unpaired) electrons. The van der Waals surface area contributed by atoms with E-state index in [1.807, 2.05) is 6.07 Å². The zero-order valence-corrected chi connectivity index (χ0v) is 8.12. The molecule has 0 bridgehead atoms. The number of carbonyl (C=O) groups excluding carboxylic acids is 1. The normalized spacial score (nSPS) is 10.6. The van der Waals surface area contributed by atoms with Crippen LogP contribution in [0.5, 0.6) is 0 Å². The third-order valence-electron chi connectivity index (χ3n) is 1.39. The number of aliphatic hydroxyl groups is 1. The summed E-state index contributed by atoms with van der Waals surface area (Å²) in [7, 11) is 0. The van der Waals surface area contributed by atoms with Gasteiger partial charge in [0.05, 0.1) is 18.8 Å². The summed E-state index contributed by atoms with van der Waals surface area (Å²) < 4.78 is 4.56. The summed E-state index contributed by atoms with van der Waals surface area (Å²) in [4.78, 5) is 10.7. The maximum absolute atomic E-state index is 10.7. The van der Waals surface area contributed by atoms with Crippen molar-refractivity contribution in [3.05, 3.63) is 0 Å². The molecular formula is C10H13NO3. The number of rotatable bonds is 4. The summed E-state index contributed by atoms with van der Waals surface area (Å²) in [6.07, 6.45) is 0.230. The van der Waals surface area contributed by atoms with Crippen LogP contribution in [0.15, 0.2) is 0 Å². The molecule has 0 unspecified atom stereocenters. The van der Waals surface area contributed by atoms with E-state index in [2.05, 4.69) is 16.6 Å². The maximum atomic E-state index is 10.7. The molecule has 0 aromatic rings. The lowest BCUT2D eigenvalue weighted by Gasteiger charge is -2.01. The van der Waals surface area contributed by atoms with Gasteiger partial charge in [0.25, 0.3) is 0 Å². The maximum Gasteiger partial charge on any atom is 0.384 e. The lowest BCUT2D eigenvalue weighted by Crippen LogP contribution is -2.05. The number of carbonyl (C=O) groups is 1. The largest absolute Gasteiger partial charge is 0.456 e. The molecule has 14 heavy (non-hydrogen) atoms. The molecule has 0 aliphatic heterocycles. The van der Waals surface area contributed by atoms with Crippen LogP contribution in [0, 0.1) is 23.2 Å². The Bertz CT molecular complexity index is 269. The standard InChI is InChI=1S/C10H13NO3/c1-2-14-10(13)7-3-5-9(12)6-4-8-11/h9,12H,2,4-6H2,1H3/t9-/m0/s1. The molecule has 0 rings (SSSR count). The Morgan fingerprint density at radius 3 is 2.93 bits per heavy atom. The summed E-state index contributed by atoms with van der Waals surface area (Å²) >= 11 is 0. The number of hydrogen-bond acceptors (Lipinski definition) is 4. The quantitative estimate of drug-likeness (QED) is 0.405. The molecule has 0 aliphatic carbocycles. The Morgan fingerprint density at radius 1 is 1.64 bits per heavy atom. The van der Waals surface area contributed by atoms with Crippen LogP contribution in [0.4, 0.5) is 0 Å². The Labute approximate surface area is 83.5 Å². The molecule has 0 fully saturated rings. The first-order valence-electron chi connectivity index (χ1n) is 4.41. The van der Waals surface area contributed by atoms with Gasteiger partial charge in [-0.2, -0.15) is 5.26 Å². The van der Waals surface area contributed by atoms with E-state index in [1.165, 1.54) is 0 Å². The van der Waals surface area contributed by atoms with Gasteiger partial charge in [0.15, 0.2) is 0 Å². The predicted octanol–water partition coefficient (Wildman–Crippen LogP) is 0.608. The Balaban J connectivity index is 3.69. The van der Waals surface area contributed by atoms with Crippen molar-refractivity contribution in [1.29, 1.82) is 5.26 Å². The highest BCUT2D eigenvalue weighted by Gasteiger charge is 2.00. The number of nitrogens with zero attached hydrogens (tertiary/aromatic N) is 1. The van der Waals surface area contributed by atoms with Crippen LogP contribution in [0.3, 0.4) is 0 Å². The molecule has 0 amide bonds. The number of esters is 1. The van der Waals surface area contributed by atoms with Gasteiger partial charge in [0.1, 0.15) is 0 Å². The van der Waals surface area contributed by atoms with Crippen LogP contribution in [0.2, 0.25) is 0 Å². The van der Waals surface area contributed by atoms with E-state index >= 15 is 0 Å². The van der Waals surface area contributed by atoms with Crippen molar-refractivity contribution in [3.8, 4) is 17.9 Å². The zero-order chi connectivity index (χ0) is 10.8. The van der Waals surface area contributed by atoms with Gasteiger partial charge >= 0.3 is 5.97 Å². The molecular weight excluding hydrogens is 182 g/mol. The Kier molecular flexibility index (Phi) is 7.22. The number of nitriles is 1. The van der Waals surface area contributed by atoms with E-state index in [0.717, 1.165) is 0 Å². The second kappa shape index (κ2) is 8.10. The molecule has 1 N–H and O–H groups in total. The molecule has 0 aliphatic rings. The fourth-order valence-corrected chi connectivity index (χ4v) is 0.741. The number of hydrogen-bond donors (Lipinski definition) is 1. The molecule has 0 saturated carbocycles. The number of aliphatic hydroxyl groups excluding tert-OH is 1. The third-order valence-corrected chi connectivity index (χ3v) is 1.39. The topological polar surface area (TPSA) is 70.3 Å². The summed E-state index contributed by atoms with van der Waals surface area (Å²) in [6.45, 7) is 1.99. The average molecular weight is 195 g/mol. The first kappa shape index (κ1) is 12.5. The van der Waals surface area contributed by atoms with Crippen molar-refractivity contribution < 1.29 is 14.6 Å². The zero-order valence-electron chi connectivity index (χ0n) is 8.12. The lowest BCUT2D eigenvalue weighted by atomic mass is 10.1. The highest BCUT2D eigenvalue weighted by Crippen LogP contribution is 1.99. The minimum absolute atomic E-state index is 0.195. The van der Waals surface area contributed by atoms with Crippen LogP contribution in [-0.2, 0) is 9.53 Å². The van der Waals surface area contributed by atoms with E-state index in [9.17, 15) is 9.90 Å².